The minimum atomic E-state index is -0.229. The molecule has 2 saturated heterocycles. The Morgan fingerprint density at radius 2 is 2.09 bits per heavy atom. The predicted molar refractivity (Wildman–Crippen MR) is 123 cm³/mol. The van der Waals surface area contributed by atoms with Gasteiger partial charge in [-0.2, -0.15) is 0 Å². The van der Waals surface area contributed by atoms with Gasteiger partial charge in [0.25, 0.3) is 0 Å². The summed E-state index contributed by atoms with van der Waals surface area (Å²) in [6, 6.07) is 10.9. The van der Waals surface area contributed by atoms with Gasteiger partial charge in [0.05, 0.1) is 29.3 Å². The Labute approximate surface area is 192 Å². The highest BCUT2D eigenvalue weighted by Gasteiger charge is 2.41. The van der Waals surface area contributed by atoms with Crippen LogP contribution in [0.3, 0.4) is 0 Å². The minimum absolute atomic E-state index is 0.229. The van der Waals surface area contributed by atoms with E-state index in [1.807, 2.05) is 24.4 Å². The van der Waals surface area contributed by atoms with Crippen LogP contribution in [-0.2, 0) is 11.3 Å². The van der Waals surface area contributed by atoms with Gasteiger partial charge in [-0.25, -0.2) is 4.39 Å². The fourth-order valence-corrected chi connectivity index (χ4v) is 5.58. The van der Waals surface area contributed by atoms with E-state index in [0.29, 0.717) is 17.5 Å². The lowest BCUT2D eigenvalue weighted by molar-refractivity contribution is -0.0928. The van der Waals surface area contributed by atoms with Gasteiger partial charge in [-0.15, -0.1) is 0 Å². The van der Waals surface area contributed by atoms with E-state index in [1.165, 1.54) is 18.9 Å². The van der Waals surface area contributed by atoms with Crippen molar-refractivity contribution in [3.05, 3.63) is 59.0 Å². The molecule has 0 bridgehead atoms. The molecule has 0 saturated carbocycles. The average molecular weight is 456 g/mol. The first kappa shape index (κ1) is 20.5. The van der Waals surface area contributed by atoms with Crippen molar-refractivity contribution in [1.82, 2.24) is 14.8 Å². The monoisotopic (exact) mass is 455 g/mol. The molecule has 1 atom stereocenters. The van der Waals surface area contributed by atoms with Crippen LogP contribution in [-0.4, -0.2) is 54.5 Å². The molecule has 6 rings (SSSR count). The van der Waals surface area contributed by atoms with Gasteiger partial charge in [0.2, 0.25) is 0 Å². The standard InChI is InChI=1S/C25H27ClFN3O2/c26-22-11-21(30-6-4-18-9-20(27)1-2-23(18)30)10-19-14-29(7-8-32-24(19)22)13-17-3-5-25(28-12-17)15-31-16-25/h1-2,4,6,9-11,17,28H,3,5,7-8,12-16H2. The summed E-state index contributed by atoms with van der Waals surface area (Å²) in [5.41, 5.74) is 3.26. The maximum atomic E-state index is 13.6. The fraction of sp³-hybridized carbons (Fsp3) is 0.440. The van der Waals surface area contributed by atoms with Gasteiger partial charge in [0.15, 0.2) is 0 Å². The molecule has 1 aromatic heterocycles. The van der Waals surface area contributed by atoms with Gasteiger partial charge in [-0.05, 0) is 61.7 Å². The zero-order chi connectivity index (χ0) is 21.7. The van der Waals surface area contributed by atoms with Crippen LogP contribution in [0.4, 0.5) is 4.39 Å². The van der Waals surface area contributed by atoms with Crippen LogP contribution >= 0.6 is 11.6 Å². The van der Waals surface area contributed by atoms with Crippen molar-refractivity contribution < 1.29 is 13.9 Å². The maximum Gasteiger partial charge on any atom is 0.142 e. The summed E-state index contributed by atoms with van der Waals surface area (Å²) in [5, 5.41) is 5.22. The van der Waals surface area contributed by atoms with Gasteiger partial charge in [0.1, 0.15) is 18.2 Å². The number of hydrogen-bond donors (Lipinski definition) is 1. The van der Waals surface area contributed by atoms with Crippen LogP contribution in [0.25, 0.3) is 16.6 Å². The zero-order valence-electron chi connectivity index (χ0n) is 17.9. The van der Waals surface area contributed by atoms with Gasteiger partial charge in [0, 0.05) is 42.5 Å². The number of halogens is 2. The van der Waals surface area contributed by atoms with Crippen molar-refractivity contribution in [2.45, 2.75) is 24.9 Å². The number of rotatable bonds is 3. The fourth-order valence-electron chi connectivity index (χ4n) is 5.29. The molecule has 3 aromatic rings. The summed E-state index contributed by atoms with van der Waals surface area (Å²) in [6.45, 7) is 6.12. The number of benzene rings is 2. The van der Waals surface area contributed by atoms with Crippen LogP contribution in [0.15, 0.2) is 42.6 Å². The second-order valence-electron chi connectivity index (χ2n) is 9.45. The number of aromatic nitrogens is 1. The largest absolute Gasteiger partial charge is 0.490 e. The van der Waals surface area contributed by atoms with Crippen molar-refractivity contribution in [1.29, 1.82) is 0 Å². The third-order valence-electron chi connectivity index (χ3n) is 7.15. The zero-order valence-corrected chi connectivity index (χ0v) is 18.7. The van der Waals surface area contributed by atoms with E-state index in [-0.39, 0.29) is 11.4 Å². The second kappa shape index (κ2) is 8.03. The lowest BCUT2D eigenvalue weighted by atomic mass is 9.82. The number of fused-ring (bicyclic) bond motifs is 2. The molecule has 0 radical (unpaired) electrons. The van der Waals surface area contributed by atoms with Crippen molar-refractivity contribution in [3.63, 3.8) is 0 Å². The van der Waals surface area contributed by atoms with E-state index in [1.54, 1.807) is 6.07 Å². The number of nitrogens with one attached hydrogen (secondary N) is 1. The molecule has 2 aromatic carbocycles. The first-order valence-corrected chi connectivity index (χ1v) is 11.7. The van der Waals surface area contributed by atoms with E-state index < -0.39 is 0 Å². The second-order valence-corrected chi connectivity index (χ2v) is 9.85. The Kier molecular flexibility index (Phi) is 5.14. The number of hydrogen-bond acceptors (Lipinski definition) is 4. The molecule has 1 spiro atoms. The average Bonchev–Trinajstić information content (AvgIpc) is 3.06. The van der Waals surface area contributed by atoms with Crippen molar-refractivity contribution >= 4 is 22.5 Å². The van der Waals surface area contributed by atoms with Crippen molar-refractivity contribution in [2.24, 2.45) is 5.92 Å². The van der Waals surface area contributed by atoms with E-state index >= 15 is 0 Å². The summed E-state index contributed by atoms with van der Waals surface area (Å²) >= 11 is 6.67. The van der Waals surface area contributed by atoms with Crippen LogP contribution < -0.4 is 10.1 Å². The highest BCUT2D eigenvalue weighted by Crippen LogP contribution is 2.36. The van der Waals surface area contributed by atoms with Crippen LogP contribution in [0, 0.1) is 11.7 Å². The molecule has 3 aliphatic heterocycles. The molecule has 7 heteroatoms. The molecule has 168 valence electrons. The molecular formula is C25H27ClFN3O2. The number of piperidine rings is 1. The molecule has 1 unspecified atom stereocenters. The number of nitrogens with zero attached hydrogens (tertiary/aromatic N) is 2. The van der Waals surface area contributed by atoms with E-state index in [0.717, 1.165) is 67.3 Å². The molecule has 2 fully saturated rings. The molecule has 4 heterocycles. The molecule has 0 aliphatic carbocycles. The molecule has 0 amide bonds. The minimum Gasteiger partial charge on any atom is -0.490 e. The third-order valence-corrected chi connectivity index (χ3v) is 7.43. The van der Waals surface area contributed by atoms with Gasteiger partial charge in [-0.3, -0.25) is 4.90 Å². The smallest absolute Gasteiger partial charge is 0.142 e. The van der Waals surface area contributed by atoms with Crippen LogP contribution in [0.1, 0.15) is 18.4 Å². The summed E-state index contributed by atoms with van der Waals surface area (Å²) < 4.78 is 27.2. The quantitative estimate of drug-likeness (QED) is 0.636. The molecule has 3 aliphatic rings. The van der Waals surface area contributed by atoms with Gasteiger partial charge >= 0.3 is 0 Å². The Bertz CT molecular complexity index is 1150. The summed E-state index contributed by atoms with van der Waals surface area (Å²) in [6.07, 6.45) is 4.38. The van der Waals surface area contributed by atoms with E-state index in [4.69, 9.17) is 21.1 Å². The van der Waals surface area contributed by atoms with Crippen molar-refractivity contribution in [3.8, 4) is 11.4 Å². The molecular weight excluding hydrogens is 429 g/mol. The van der Waals surface area contributed by atoms with E-state index in [9.17, 15) is 4.39 Å². The van der Waals surface area contributed by atoms with Crippen LogP contribution in [0.5, 0.6) is 5.75 Å². The molecule has 5 nitrogen and oxygen atoms in total. The maximum absolute atomic E-state index is 13.6. The summed E-state index contributed by atoms with van der Waals surface area (Å²) in [5.74, 6) is 1.18. The Balaban J connectivity index is 1.24. The van der Waals surface area contributed by atoms with Gasteiger partial charge in [-0.1, -0.05) is 11.6 Å². The lowest BCUT2D eigenvalue weighted by Gasteiger charge is -2.47. The molecule has 1 N–H and O–H groups in total. The van der Waals surface area contributed by atoms with Gasteiger partial charge < -0.3 is 19.4 Å². The summed E-state index contributed by atoms with van der Waals surface area (Å²) in [4.78, 5) is 2.48. The Hall–Kier alpha value is -2.12. The SMILES string of the molecule is Fc1ccc2c(ccn2-c2cc(Cl)c3c(c2)CN(CC2CCC4(COC4)NC2)CCO3)c1. The first-order chi connectivity index (χ1) is 15.6. The normalized spacial score (nSPS) is 22.9. The lowest BCUT2D eigenvalue weighted by Crippen LogP contribution is -2.64. The topological polar surface area (TPSA) is 38.7 Å². The molecule has 32 heavy (non-hydrogen) atoms. The Morgan fingerprint density at radius 3 is 2.88 bits per heavy atom. The highest BCUT2D eigenvalue weighted by atomic mass is 35.5. The number of ether oxygens (including phenoxy) is 2. The van der Waals surface area contributed by atoms with Crippen molar-refractivity contribution in [2.75, 3.05) is 39.5 Å². The highest BCUT2D eigenvalue weighted by molar-refractivity contribution is 6.32. The first-order valence-electron chi connectivity index (χ1n) is 11.4. The predicted octanol–water partition coefficient (Wildman–Crippen LogP) is 4.39. The summed E-state index contributed by atoms with van der Waals surface area (Å²) in [7, 11) is 0. The van der Waals surface area contributed by atoms with E-state index in [2.05, 4.69) is 20.9 Å². The van der Waals surface area contributed by atoms with Crippen LogP contribution in [0.2, 0.25) is 5.02 Å². The Morgan fingerprint density at radius 1 is 1.19 bits per heavy atom. The third kappa shape index (κ3) is 3.69.